The number of aryl methyl sites for hydroxylation is 1. The van der Waals surface area contributed by atoms with Crippen LogP contribution in [0.4, 0.5) is 8.78 Å². The third-order valence-electron chi connectivity index (χ3n) is 2.19. The third-order valence-corrected chi connectivity index (χ3v) is 3.19. The molecule has 0 aliphatic carbocycles. The summed E-state index contributed by atoms with van der Waals surface area (Å²) >= 11 is 1.42. The van der Waals surface area contributed by atoms with Gasteiger partial charge >= 0.3 is 0 Å². The van der Waals surface area contributed by atoms with Crippen LogP contribution in [0.2, 0.25) is 0 Å². The lowest BCUT2D eigenvalue weighted by molar-refractivity contribution is 0.577. The predicted octanol–water partition coefficient (Wildman–Crippen LogP) is 2.78. The maximum Gasteiger partial charge on any atom is 0.126 e. The van der Waals surface area contributed by atoms with Gasteiger partial charge in [0.05, 0.1) is 11.0 Å². The van der Waals surface area contributed by atoms with Crippen LogP contribution >= 0.6 is 11.3 Å². The molecule has 0 spiro atoms. The Morgan fingerprint density at radius 1 is 1.25 bits per heavy atom. The predicted molar refractivity (Wildman–Crippen MR) is 59.2 cm³/mol. The highest BCUT2D eigenvalue weighted by atomic mass is 32.1. The smallest absolute Gasteiger partial charge is 0.126 e. The van der Waals surface area contributed by atoms with Crippen molar-refractivity contribution in [3.63, 3.8) is 0 Å². The standard InChI is InChI=1S/C11H10F2N2S/c1-6-15-5-10(16-6)11(14)7-2-8(12)4-9(13)3-7/h2-5,11H,14H2,1H3. The third kappa shape index (κ3) is 2.25. The average molecular weight is 240 g/mol. The molecule has 1 atom stereocenters. The number of aromatic nitrogens is 1. The Morgan fingerprint density at radius 2 is 1.88 bits per heavy atom. The van der Waals surface area contributed by atoms with Gasteiger partial charge in [-0.1, -0.05) is 0 Å². The van der Waals surface area contributed by atoms with E-state index < -0.39 is 17.7 Å². The molecule has 2 aromatic rings. The molecule has 16 heavy (non-hydrogen) atoms. The molecule has 1 aromatic heterocycles. The molecule has 0 bridgehead atoms. The van der Waals surface area contributed by atoms with Gasteiger partial charge in [-0.25, -0.2) is 13.8 Å². The number of hydrogen-bond donors (Lipinski definition) is 1. The van der Waals surface area contributed by atoms with Gasteiger partial charge in [-0.2, -0.15) is 0 Å². The van der Waals surface area contributed by atoms with Crippen molar-refractivity contribution in [3.05, 3.63) is 51.5 Å². The summed E-state index contributed by atoms with van der Waals surface area (Å²) in [6.07, 6.45) is 1.63. The molecule has 0 amide bonds. The number of hydrogen-bond acceptors (Lipinski definition) is 3. The molecule has 2 rings (SSSR count). The second-order valence-corrected chi connectivity index (χ2v) is 4.73. The van der Waals surface area contributed by atoms with Gasteiger partial charge in [-0.05, 0) is 24.6 Å². The van der Waals surface area contributed by atoms with E-state index in [2.05, 4.69) is 4.98 Å². The van der Waals surface area contributed by atoms with E-state index in [9.17, 15) is 8.78 Å². The van der Waals surface area contributed by atoms with Crippen LogP contribution < -0.4 is 5.73 Å². The molecule has 0 radical (unpaired) electrons. The minimum atomic E-state index is -0.619. The Morgan fingerprint density at radius 3 is 2.38 bits per heavy atom. The van der Waals surface area contributed by atoms with Crippen LogP contribution in [-0.2, 0) is 0 Å². The first-order valence-electron chi connectivity index (χ1n) is 4.70. The lowest BCUT2D eigenvalue weighted by Gasteiger charge is -2.09. The monoisotopic (exact) mass is 240 g/mol. The summed E-state index contributed by atoms with van der Waals surface area (Å²) in [6, 6.07) is 2.77. The van der Waals surface area contributed by atoms with Crippen molar-refractivity contribution >= 4 is 11.3 Å². The summed E-state index contributed by atoms with van der Waals surface area (Å²) in [6.45, 7) is 1.85. The molecular formula is C11H10F2N2S. The lowest BCUT2D eigenvalue weighted by Crippen LogP contribution is -2.10. The van der Waals surface area contributed by atoms with E-state index in [1.807, 2.05) is 6.92 Å². The highest BCUT2D eigenvalue weighted by Gasteiger charge is 2.13. The van der Waals surface area contributed by atoms with E-state index in [-0.39, 0.29) is 0 Å². The molecule has 2 N–H and O–H groups in total. The fourth-order valence-corrected chi connectivity index (χ4v) is 2.26. The number of rotatable bonds is 2. The largest absolute Gasteiger partial charge is 0.320 e. The van der Waals surface area contributed by atoms with Gasteiger partial charge in [0.1, 0.15) is 11.6 Å². The van der Waals surface area contributed by atoms with Crippen molar-refractivity contribution in [2.75, 3.05) is 0 Å². The van der Waals surface area contributed by atoms with Crippen LogP contribution in [0.15, 0.2) is 24.4 Å². The highest BCUT2D eigenvalue weighted by Crippen LogP contribution is 2.25. The average Bonchev–Trinajstić information content (AvgIpc) is 2.62. The Hall–Kier alpha value is -1.33. The van der Waals surface area contributed by atoms with Crippen LogP contribution in [0.25, 0.3) is 0 Å². The van der Waals surface area contributed by atoms with Crippen molar-refractivity contribution < 1.29 is 8.78 Å². The van der Waals surface area contributed by atoms with Crippen molar-refractivity contribution in [3.8, 4) is 0 Å². The first kappa shape index (κ1) is 11.2. The van der Waals surface area contributed by atoms with Gasteiger partial charge in [0, 0.05) is 17.1 Å². The molecule has 0 aliphatic rings. The first-order valence-corrected chi connectivity index (χ1v) is 5.52. The maximum absolute atomic E-state index is 13.0. The molecule has 0 aliphatic heterocycles. The summed E-state index contributed by atoms with van der Waals surface area (Å²) in [5.41, 5.74) is 6.32. The number of nitrogens with zero attached hydrogens (tertiary/aromatic N) is 1. The molecule has 5 heteroatoms. The summed E-state index contributed by atoms with van der Waals surface area (Å²) < 4.78 is 26.0. The quantitative estimate of drug-likeness (QED) is 0.876. The summed E-state index contributed by atoms with van der Waals surface area (Å²) in [7, 11) is 0. The normalized spacial score (nSPS) is 12.8. The number of nitrogens with two attached hydrogens (primary N) is 1. The van der Waals surface area contributed by atoms with Gasteiger partial charge < -0.3 is 5.73 Å². The van der Waals surface area contributed by atoms with Gasteiger partial charge in [-0.15, -0.1) is 11.3 Å². The van der Waals surface area contributed by atoms with Gasteiger partial charge in [0.2, 0.25) is 0 Å². The zero-order valence-electron chi connectivity index (χ0n) is 8.58. The topological polar surface area (TPSA) is 38.9 Å². The van der Waals surface area contributed by atoms with E-state index in [0.717, 1.165) is 16.0 Å². The van der Waals surface area contributed by atoms with Gasteiger partial charge in [0.25, 0.3) is 0 Å². The minimum absolute atomic E-state index is 0.418. The summed E-state index contributed by atoms with van der Waals surface area (Å²) in [5, 5.41) is 0.877. The van der Waals surface area contributed by atoms with Crippen LogP contribution in [0.5, 0.6) is 0 Å². The molecular weight excluding hydrogens is 230 g/mol. The Labute approximate surface area is 95.7 Å². The van der Waals surface area contributed by atoms with Crippen LogP contribution in [0.3, 0.4) is 0 Å². The molecule has 1 heterocycles. The lowest BCUT2D eigenvalue weighted by atomic mass is 10.1. The molecule has 2 nitrogen and oxygen atoms in total. The van der Waals surface area contributed by atoms with Crippen LogP contribution in [-0.4, -0.2) is 4.98 Å². The minimum Gasteiger partial charge on any atom is -0.320 e. The second kappa shape index (κ2) is 4.27. The van der Waals surface area contributed by atoms with Crippen molar-refractivity contribution in [1.29, 1.82) is 0 Å². The number of halogens is 2. The van der Waals surface area contributed by atoms with Crippen molar-refractivity contribution in [1.82, 2.24) is 4.98 Å². The second-order valence-electron chi connectivity index (χ2n) is 3.46. The molecule has 1 unspecified atom stereocenters. The van der Waals surface area contributed by atoms with Crippen LogP contribution in [0.1, 0.15) is 21.5 Å². The van der Waals surface area contributed by atoms with Crippen LogP contribution in [0, 0.1) is 18.6 Å². The van der Waals surface area contributed by atoms with Crippen molar-refractivity contribution in [2.24, 2.45) is 5.73 Å². The summed E-state index contributed by atoms with van der Waals surface area (Å²) in [5.74, 6) is -1.24. The van der Waals surface area contributed by atoms with E-state index in [1.54, 1.807) is 6.20 Å². The number of benzene rings is 1. The van der Waals surface area contributed by atoms with E-state index in [1.165, 1.54) is 23.5 Å². The van der Waals surface area contributed by atoms with Gasteiger partial charge in [-0.3, -0.25) is 0 Å². The van der Waals surface area contributed by atoms with E-state index >= 15 is 0 Å². The van der Waals surface area contributed by atoms with E-state index in [0.29, 0.717) is 5.56 Å². The Balaban J connectivity index is 2.37. The molecule has 0 fully saturated rings. The SMILES string of the molecule is Cc1ncc(C(N)c2cc(F)cc(F)c2)s1. The fraction of sp³-hybridized carbons (Fsp3) is 0.182. The first-order chi connectivity index (χ1) is 7.56. The number of thiazole rings is 1. The zero-order valence-corrected chi connectivity index (χ0v) is 9.39. The van der Waals surface area contributed by atoms with Crippen molar-refractivity contribution in [2.45, 2.75) is 13.0 Å². The zero-order chi connectivity index (χ0) is 11.7. The Bertz CT molecular complexity index is 490. The maximum atomic E-state index is 13.0. The fourth-order valence-electron chi connectivity index (χ4n) is 1.44. The Kier molecular flexibility index (Phi) is 2.98. The molecule has 84 valence electrons. The molecule has 0 saturated carbocycles. The molecule has 0 saturated heterocycles. The van der Waals surface area contributed by atoms with Gasteiger partial charge in [0.15, 0.2) is 0 Å². The summed E-state index contributed by atoms with van der Waals surface area (Å²) in [4.78, 5) is 4.85. The molecule has 1 aromatic carbocycles. The van der Waals surface area contributed by atoms with E-state index in [4.69, 9.17) is 5.73 Å². The highest BCUT2D eigenvalue weighted by molar-refractivity contribution is 7.11.